The first-order valence-electron chi connectivity index (χ1n) is 17.0. The van der Waals surface area contributed by atoms with Crippen molar-refractivity contribution >= 4 is 7.82 Å². The summed E-state index contributed by atoms with van der Waals surface area (Å²) in [6.07, 6.45) is 2.73. The highest BCUT2D eigenvalue weighted by atomic mass is 31.2. The highest BCUT2D eigenvalue weighted by Crippen LogP contribution is 2.67. The summed E-state index contributed by atoms with van der Waals surface area (Å²) in [4.78, 5) is 12.8. The molecule has 3 saturated carbocycles. The lowest BCUT2D eigenvalue weighted by molar-refractivity contribution is -0.290. The first kappa shape index (κ1) is 34.9. The van der Waals surface area contributed by atoms with Crippen molar-refractivity contribution in [1.29, 1.82) is 0 Å². The lowest BCUT2D eigenvalue weighted by atomic mass is 9.46. The molecule has 0 spiro atoms. The molecule has 0 bridgehead atoms. The van der Waals surface area contributed by atoms with Gasteiger partial charge in [0.25, 0.3) is 7.82 Å². The molecule has 5 rings (SSSR count). The summed E-state index contributed by atoms with van der Waals surface area (Å²) in [6, 6.07) is 0. The summed E-state index contributed by atoms with van der Waals surface area (Å²) >= 11 is 0. The fourth-order valence-electron chi connectivity index (χ4n) is 10.2. The molecule has 10 nitrogen and oxygen atoms in total. The van der Waals surface area contributed by atoms with Crippen LogP contribution in [0.4, 0.5) is 0 Å². The van der Waals surface area contributed by atoms with Crippen LogP contribution >= 0.6 is 7.82 Å². The van der Waals surface area contributed by atoms with Crippen LogP contribution in [0.2, 0.25) is 0 Å². The van der Waals surface area contributed by atoms with Crippen LogP contribution in [0.3, 0.4) is 0 Å². The molecule has 5 aliphatic rings. The van der Waals surface area contributed by atoms with Gasteiger partial charge in [0.05, 0.1) is 18.8 Å². The number of fused-ring (bicyclic) bond motifs is 5. The van der Waals surface area contributed by atoms with Gasteiger partial charge in [0.1, 0.15) is 24.4 Å². The molecule has 0 amide bonds. The number of aliphatic hydroxyl groups excluding tert-OH is 5. The van der Waals surface area contributed by atoms with E-state index >= 15 is 0 Å². The summed E-state index contributed by atoms with van der Waals surface area (Å²) in [6.45, 7) is 11.1. The number of ether oxygens (including phenoxy) is 1. The van der Waals surface area contributed by atoms with Crippen LogP contribution < -0.4 is 4.89 Å². The third-order valence-corrected chi connectivity index (χ3v) is 13.7. The lowest BCUT2D eigenvalue weighted by Crippen LogP contribution is -2.58. The van der Waals surface area contributed by atoms with Crippen molar-refractivity contribution in [3.63, 3.8) is 0 Å². The first-order valence-corrected chi connectivity index (χ1v) is 18.4. The molecule has 1 aliphatic heterocycles. The van der Waals surface area contributed by atoms with Crippen molar-refractivity contribution in [1.82, 2.24) is 0 Å². The number of rotatable bonds is 10. The van der Waals surface area contributed by atoms with Crippen molar-refractivity contribution in [2.75, 3.05) is 6.61 Å². The fourth-order valence-corrected chi connectivity index (χ4v) is 11.1. The van der Waals surface area contributed by atoms with Crippen LogP contribution in [0.5, 0.6) is 0 Å². The average molecular weight is 644 g/mol. The largest absolute Gasteiger partial charge is 0.756 e. The van der Waals surface area contributed by atoms with E-state index < -0.39 is 57.3 Å². The van der Waals surface area contributed by atoms with E-state index in [4.69, 9.17) is 13.8 Å². The van der Waals surface area contributed by atoms with Gasteiger partial charge in [0, 0.05) is 0 Å². The number of hydrogen-bond donors (Lipinski definition) is 5. The minimum absolute atomic E-state index is 0.118. The average Bonchev–Trinajstić information content (AvgIpc) is 3.30. The van der Waals surface area contributed by atoms with Crippen molar-refractivity contribution in [2.45, 2.75) is 142 Å². The Morgan fingerprint density at radius 2 is 1.70 bits per heavy atom. The van der Waals surface area contributed by atoms with Gasteiger partial charge in [-0.1, -0.05) is 65.5 Å². The van der Waals surface area contributed by atoms with Gasteiger partial charge in [-0.25, -0.2) is 0 Å². The second kappa shape index (κ2) is 13.3. The Kier molecular flexibility index (Phi) is 10.5. The monoisotopic (exact) mass is 643 g/mol. The quantitative estimate of drug-likeness (QED) is 0.175. The second-order valence-electron chi connectivity index (χ2n) is 15.7. The van der Waals surface area contributed by atoms with Crippen molar-refractivity contribution in [2.24, 2.45) is 46.3 Å². The van der Waals surface area contributed by atoms with E-state index in [1.165, 1.54) is 38.5 Å². The molecule has 44 heavy (non-hydrogen) atoms. The van der Waals surface area contributed by atoms with Gasteiger partial charge in [-0.3, -0.25) is 4.57 Å². The molecule has 0 aromatic rings. The van der Waals surface area contributed by atoms with E-state index in [9.17, 15) is 35.0 Å². The summed E-state index contributed by atoms with van der Waals surface area (Å²) in [5.74, 6) is 3.17. The second-order valence-corrected chi connectivity index (χ2v) is 17.0. The van der Waals surface area contributed by atoms with E-state index in [1.807, 2.05) is 6.08 Å². The SMILES string of the molecule is CC(C)CCC[C@@H](C)[C@H]1CC[C@H]2[C@@H]3[C@@H](O)C=C4C[C@@H](OP(=O)([O-])OC[C@H]5OC(O)[C@@H](O)[C@@H](O)[C@@H]5O)CC[C@]4(C)[C@H]3CC[C@]12C. The van der Waals surface area contributed by atoms with Crippen molar-refractivity contribution in [3.8, 4) is 0 Å². The third kappa shape index (κ3) is 6.65. The van der Waals surface area contributed by atoms with E-state index in [1.54, 1.807) is 0 Å². The molecule has 0 aromatic heterocycles. The van der Waals surface area contributed by atoms with E-state index in [0.29, 0.717) is 36.5 Å². The molecular weight excluding hydrogens is 587 g/mol. The Morgan fingerprint density at radius 1 is 0.977 bits per heavy atom. The summed E-state index contributed by atoms with van der Waals surface area (Å²) in [7, 11) is -4.83. The highest BCUT2D eigenvalue weighted by molar-refractivity contribution is 7.45. The lowest BCUT2D eigenvalue weighted by Gasteiger charge is -2.59. The summed E-state index contributed by atoms with van der Waals surface area (Å²) in [5, 5.41) is 50.9. The van der Waals surface area contributed by atoms with Gasteiger partial charge in [-0.15, -0.1) is 0 Å². The topological polar surface area (TPSA) is 169 Å². The van der Waals surface area contributed by atoms with E-state index in [-0.39, 0.29) is 16.7 Å². The Hall–Kier alpha value is -0.390. The third-order valence-electron chi connectivity index (χ3n) is 12.6. The minimum Gasteiger partial charge on any atom is -0.756 e. The predicted molar refractivity (Wildman–Crippen MR) is 162 cm³/mol. The molecule has 1 heterocycles. The molecule has 5 N–H and O–H groups in total. The van der Waals surface area contributed by atoms with Crippen LogP contribution in [0.1, 0.15) is 98.8 Å². The van der Waals surface area contributed by atoms with Gasteiger partial charge in [0.2, 0.25) is 0 Å². The molecule has 0 radical (unpaired) electrons. The Bertz CT molecular complexity index is 1080. The zero-order valence-corrected chi connectivity index (χ0v) is 28.0. The number of phosphoric ester groups is 1. The maximum absolute atomic E-state index is 12.8. The van der Waals surface area contributed by atoms with Gasteiger partial charge in [-0.2, -0.15) is 0 Å². The van der Waals surface area contributed by atoms with Crippen LogP contribution in [-0.2, 0) is 18.3 Å². The van der Waals surface area contributed by atoms with Crippen LogP contribution in [0.15, 0.2) is 11.6 Å². The molecule has 4 fully saturated rings. The Morgan fingerprint density at radius 3 is 2.41 bits per heavy atom. The maximum Gasteiger partial charge on any atom is 0.268 e. The van der Waals surface area contributed by atoms with E-state index in [0.717, 1.165) is 24.3 Å². The molecule has 1 saturated heterocycles. The summed E-state index contributed by atoms with van der Waals surface area (Å²) < 4.78 is 28.2. The smallest absolute Gasteiger partial charge is 0.268 e. The number of hydrogen-bond acceptors (Lipinski definition) is 10. The van der Waals surface area contributed by atoms with Crippen LogP contribution in [0, 0.1) is 46.3 Å². The van der Waals surface area contributed by atoms with Gasteiger partial charge in [-0.05, 0) is 91.3 Å². The Balaban J connectivity index is 1.22. The molecule has 11 heteroatoms. The van der Waals surface area contributed by atoms with E-state index in [2.05, 4.69) is 34.6 Å². The normalized spacial score (nSPS) is 47.7. The predicted octanol–water partition coefficient (Wildman–Crippen LogP) is 3.67. The number of phosphoric acid groups is 1. The first-order chi connectivity index (χ1) is 20.6. The van der Waals surface area contributed by atoms with Gasteiger partial charge in [0.15, 0.2) is 6.29 Å². The fraction of sp³-hybridized carbons (Fsp3) is 0.939. The molecule has 4 aliphatic carbocycles. The van der Waals surface area contributed by atoms with Crippen LogP contribution in [-0.4, -0.2) is 75.1 Å². The van der Waals surface area contributed by atoms with Crippen molar-refractivity contribution < 1.29 is 48.8 Å². The molecule has 2 unspecified atom stereocenters. The highest BCUT2D eigenvalue weighted by Gasteiger charge is 2.61. The standard InChI is InChI=1S/C33H57O10P/c1-18(2)7-6-8-19(3)22-9-10-23-27-24(12-14-33(22,23)5)32(4)13-11-21(15-20(32)16-25(27)34)43-44(39,40)41-17-26-28(35)29(36)30(37)31(38)42-26/h16,18-19,21-31,34-38H,6-15,17H2,1-5H3,(H,39,40)/p-1/t19-,21+,22-,23+,24+,25+,26-,27+,28-,29+,30+,31?,32+,33-/m1/s1. The minimum atomic E-state index is -4.83. The summed E-state index contributed by atoms with van der Waals surface area (Å²) in [5.41, 5.74) is 1.19. The maximum atomic E-state index is 12.8. The zero-order chi connectivity index (χ0) is 32.2. The van der Waals surface area contributed by atoms with Gasteiger partial charge < -0.3 is 44.2 Å². The molecule has 254 valence electrons. The zero-order valence-electron chi connectivity index (χ0n) is 27.1. The molecule has 0 aromatic carbocycles. The Labute approximate surface area is 262 Å². The number of aliphatic hydroxyl groups is 5. The molecular formula is C33H56O10P-. The molecule has 15 atom stereocenters. The van der Waals surface area contributed by atoms with Crippen LogP contribution in [0.25, 0.3) is 0 Å². The van der Waals surface area contributed by atoms with Crippen molar-refractivity contribution in [3.05, 3.63) is 11.6 Å². The van der Waals surface area contributed by atoms with Gasteiger partial charge >= 0.3 is 0 Å².